The van der Waals surface area contributed by atoms with E-state index in [9.17, 15) is 9.59 Å². The van der Waals surface area contributed by atoms with E-state index < -0.39 is 18.0 Å². The Morgan fingerprint density at radius 1 is 0.862 bits per heavy atom. The number of ether oxygens (including phenoxy) is 3. The summed E-state index contributed by atoms with van der Waals surface area (Å²) in [4.78, 5) is 24.8. The molecule has 1 aliphatic heterocycles. The number of para-hydroxylation sites is 1. The Morgan fingerprint density at radius 3 is 2.28 bits per heavy atom. The van der Waals surface area contributed by atoms with Gasteiger partial charge in [0, 0.05) is 11.1 Å². The van der Waals surface area contributed by atoms with Gasteiger partial charge in [0.25, 0.3) is 0 Å². The molecule has 0 aliphatic carbocycles. The Morgan fingerprint density at radius 2 is 1.55 bits per heavy atom. The van der Waals surface area contributed by atoms with Crippen molar-refractivity contribution in [3.05, 3.63) is 95.6 Å². The molecule has 0 aromatic heterocycles. The van der Waals surface area contributed by atoms with Gasteiger partial charge in [0.15, 0.2) is 5.78 Å². The fourth-order valence-corrected chi connectivity index (χ4v) is 3.44. The van der Waals surface area contributed by atoms with Crippen LogP contribution in [0.1, 0.15) is 32.4 Å². The van der Waals surface area contributed by atoms with Crippen LogP contribution in [0.3, 0.4) is 0 Å². The molecular formula is C24H20O5. The lowest BCUT2D eigenvalue weighted by molar-refractivity contribution is 0.0517. The van der Waals surface area contributed by atoms with E-state index in [1.807, 2.05) is 42.5 Å². The fraction of sp³-hybridized carbons (Fsp3) is 0.167. The second-order valence-electron chi connectivity index (χ2n) is 6.74. The van der Waals surface area contributed by atoms with Gasteiger partial charge >= 0.3 is 5.97 Å². The van der Waals surface area contributed by atoms with Gasteiger partial charge in [-0.15, -0.1) is 0 Å². The van der Waals surface area contributed by atoms with Crippen LogP contribution in [-0.4, -0.2) is 25.5 Å². The molecule has 0 amide bonds. The van der Waals surface area contributed by atoms with Crippen molar-refractivity contribution in [1.82, 2.24) is 0 Å². The van der Waals surface area contributed by atoms with Crippen molar-refractivity contribution in [2.75, 3.05) is 13.7 Å². The van der Waals surface area contributed by atoms with E-state index >= 15 is 0 Å². The van der Waals surface area contributed by atoms with Gasteiger partial charge in [0.2, 0.25) is 0 Å². The molecule has 2 unspecified atom stereocenters. The normalized spacial score (nSPS) is 17.6. The first-order valence-corrected chi connectivity index (χ1v) is 9.33. The molecule has 0 spiro atoms. The summed E-state index contributed by atoms with van der Waals surface area (Å²) in [5.41, 5.74) is 1.88. The molecule has 146 valence electrons. The average Bonchev–Trinajstić information content (AvgIpc) is 2.79. The lowest BCUT2D eigenvalue weighted by Gasteiger charge is -2.33. The monoisotopic (exact) mass is 388 g/mol. The molecule has 5 heteroatoms. The lowest BCUT2D eigenvalue weighted by Crippen LogP contribution is -2.35. The summed E-state index contributed by atoms with van der Waals surface area (Å²) in [6, 6.07) is 23.4. The molecule has 0 radical (unpaired) electrons. The number of carbonyl (C=O) groups is 2. The highest BCUT2D eigenvalue weighted by atomic mass is 16.5. The number of methoxy groups -OCH3 is 1. The summed E-state index contributed by atoms with van der Waals surface area (Å²) in [6.07, 6.45) is -0.503. The SMILES string of the molecule is COC(=O)c1ccc(OC2c3ccccc3OCC2C(=O)c2ccccc2)cc1. The number of esters is 1. The van der Waals surface area contributed by atoms with Crippen LogP contribution in [0.25, 0.3) is 0 Å². The van der Waals surface area contributed by atoms with Crippen LogP contribution < -0.4 is 9.47 Å². The maximum absolute atomic E-state index is 13.2. The molecule has 0 saturated carbocycles. The molecule has 3 aromatic rings. The minimum Gasteiger partial charge on any atom is -0.492 e. The maximum Gasteiger partial charge on any atom is 0.337 e. The molecule has 29 heavy (non-hydrogen) atoms. The van der Waals surface area contributed by atoms with Gasteiger partial charge in [0.1, 0.15) is 24.2 Å². The van der Waals surface area contributed by atoms with Crippen molar-refractivity contribution >= 4 is 11.8 Å². The van der Waals surface area contributed by atoms with Gasteiger partial charge in [-0.2, -0.15) is 0 Å². The van der Waals surface area contributed by atoms with Crippen molar-refractivity contribution in [2.45, 2.75) is 6.10 Å². The molecule has 4 rings (SSSR count). The third kappa shape index (κ3) is 3.85. The molecule has 2 atom stereocenters. The standard InChI is InChI=1S/C24H20O5/c1-27-24(26)17-11-13-18(14-12-17)29-23-19-9-5-6-10-21(19)28-15-20(23)22(25)16-7-3-2-4-8-16/h2-14,20,23H,15H2,1H3. The molecule has 0 fully saturated rings. The Labute approximate surface area is 168 Å². The topological polar surface area (TPSA) is 61.8 Å². The van der Waals surface area contributed by atoms with E-state index in [-0.39, 0.29) is 12.4 Å². The predicted molar refractivity (Wildman–Crippen MR) is 107 cm³/mol. The molecule has 0 bridgehead atoms. The summed E-state index contributed by atoms with van der Waals surface area (Å²) >= 11 is 0. The third-order valence-electron chi connectivity index (χ3n) is 4.94. The second-order valence-corrected chi connectivity index (χ2v) is 6.74. The van der Waals surface area contributed by atoms with E-state index in [2.05, 4.69) is 0 Å². The van der Waals surface area contributed by atoms with Gasteiger partial charge in [-0.3, -0.25) is 4.79 Å². The van der Waals surface area contributed by atoms with Gasteiger partial charge in [0.05, 0.1) is 18.6 Å². The van der Waals surface area contributed by atoms with E-state index in [1.54, 1.807) is 36.4 Å². The van der Waals surface area contributed by atoms with Crippen molar-refractivity contribution in [1.29, 1.82) is 0 Å². The predicted octanol–water partition coefficient (Wildman–Crippen LogP) is 4.48. The van der Waals surface area contributed by atoms with Crippen molar-refractivity contribution < 1.29 is 23.8 Å². The van der Waals surface area contributed by atoms with E-state index in [4.69, 9.17) is 14.2 Å². The third-order valence-corrected chi connectivity index (χ3v) is 4.94. The largest absolute Gasteiger partial charge is 0.492 e. The molecule has 5 nitrogen and oxygen atoms in total. The number of hydrogen-bond donors (Lipinski definition) is 0. The van der Waals surface area contributed by atoms with Crippen LogP contribution >= 0.6 is 0 Å². The number of ketones is 1. The molecule has 1 aliphatic rings. The van der Waals surface area contributed by atoms with Crippen LogP contribution in [-0.2, 0) is 4.74 Å². The number of hydrogen-bond acceptors (Lipinski definition) is 5. The highest BCUT2D eigenvalue weighted by molar-refractivity contribution is 5.98. The average molecular weight is 388 g/mol. The summed E-state index contributed by atoms with van der Waals surface area (Å²) in [6.45, 7) is 0.232. The van der Waals surface area contributed by atoms with Crippen LogP contribution in [0.15, 0.2) is 78.9 Å². The highest BCUT2D eigenvalue weighted by Crippen LogP contribution is 2.39. The van der Waals surface area contributed by atoms with Crippen LogP contribution in [0.4, 0.5) is 0 Å². The van der Waals surface area contributed by atoms with Crippen LogP contribution in [0.2, 0.25) is 0 Å². The summed E-state index contributed by atoms with van der Waals surface area (Å²) in [5.74, 6) is 0.333. The summed E-state index contributed by atoms with van der Waals surface area (Å²) in [7, 11) is 1.34. The zero-order valence-electron chi connectivity index (χ0n) is 15.9. The number of rotatable bonds is 5. The fourth-order valence-electron chi connectivity index (χ4n) is 3.44. The number of Topliss-reactive ketones (excluding diaryl/α,β-unsaturated/α-hetero) is 1. The zero-order valence-corrected chi connectivity index (χ0v) is 15.9. The maximum atomic E-state index is 13.2. The van der Waals surface area contributed by atoms with Crippen molar-refractivity contribution in [3.63, 3.8) is 0 Å². The second kappa shape index (κ2) is 8.19. The van der Waals surface area contributed by atoms with Crippen molar-refractivity contribution in [2.24, 2.45) is 5.92 Å². The summed E-state index contributed by atoms with van der Waals surface area (Å²) in [5, 5.41) is 0. The first-order valence-electron chi connectivity index (χ1n) is 9.33. The molecule has 1 heterocycles. The number of fused-ring (bicyclic) bond motifs is 1. The molecule has 0 N–H and O–H groups in total. The van der Waals surface area contributed by atoms with E-state index in [1.165, 1.54) is 7.11 Å². The van der Waals surface area contributed by atoms with E-state index in [0.717, 1.165) is 5.56 Å². The van der Waals surface area contributed by atoms with Crippen LogP contribution in [0, 0.1) is 5.92 Å². The highest BCUT2D eigenvalue weighted by Gasteiger charge is 2.38. The zero-order chi connectivity index (χ0) is 20.2. The Hall–Kier alpha value is -3.60. The Bertz CT molecular complexity index is 1010. The molecular weight excluding hydrogens is 368 g/mol. The van der Waals surface area contributed by atoms with Crippen molar-refractivity contribution in [3.8, 4) is 11.5 Å². The first kappa shape index (κ1) is 18.7. The number of carbonyl (C=O) groups excluding carboxylic acids is 2. The van der Waals surface area contributed by atoms with E-state index in [0.29, 0.717) is 22.6 Å². The van der Waals surface area contributed by atoms with Gasteiger partial charge < -0.3 is 14.2 Å². The summed E-state index contributed by atoms with van der Waals surface area (Å²) < 4.78 is 16.8. The first-order chi connectivity index (χ1) is 14.2. The lowest BCUT2D eigenvalue weighted by atomic mass is 9.87. The van der Waals surface area contributed by atoms with Gasteiger partial charge in [-0.05, 0) is 30.3 Å². The Balaban J connectivity index is 1.66. The van der Waals surface area contributed by atoms with Gasteiger partial charge in [-0.25, -0.2) is 4.79 Å². The Kier molecular flexibility index (Phi) is 5.29. The molecule has 0 saturated heterocycles. The minimum atomic E-state index is -0.503. The smallest absolute Gasteiger partial charge is 0.337 e. The number of benzene rings is 3. The minimum absolute atomic E-state index is 0.0312. The van der Waals surface area contributed by atoms with Gasteiger partial charge in [-0.1, -0.05) is 48.5 Å². The van der Waals surface area contributed by atoms with Crippen LogP contribution in [0.5, 0.6) is 11.5 Å². The quantitative estimate of drug-likeness (QED) is 0.476. The molecule has 3 aromatic carbocycles.